The molecule has 1 aliphatic rings. The van der Waals surface area contributed by atoms with Crippen LogP contribution < -0.4 is 5.32 Å². The standard InChI is InChI=1S/C11H10Cl2N2OS2/c12-7-1-2-9(8(13)5-7)15-10(16)6-18-11-14-3-4-17-11/h1-2,5H,3-4,6H2,(H,15,16). The van der Waals surface area contributed by atoms with Crippen LogP contribution in [0.1, 0.15) is 0 Å². The third kappa shape index (κ3) is 4.09. The maximum atomic E-state index is 11.7. The number of anilines is 1. The van der Waals surface area contributed by atoms with E-state index in [0.29, 0.717) is 21.5 Å². The van der Waals surface area contributed by atoms with Crippen molar-refractivity contribution in [1.29, 1.82) is 0 Å². The molecule has 18 heavy (non-hydrogen) atoms. The Labute approximate surface area is 124 Å². The first-order chi connectivity index (χ1) is 8.65. The van der Waals surface area contributed by atoms with Crippen molar-refractivity contribution in [1.82, 2.24) is 0 Å². The van der Waals surface area contributed by atoms with Crippen LogP contribution in [0.2, 0.25) is 10.0 Å². The van der Waals surface area contributed by atoms with Crippen molar-refractivity contribution in [3.63, 3.8) is 0 Å². The molecule has 0 saturated heterocycles. The lowest BCUT2D eigenvalue weighted by atomic mass is 10.3. The fourth-order valence-electron chi connectivity index (χ4n) is 1.31. The van der Waals surface area contributed by atoms with Crippen molar-refractivity contribution < 1.29 is 4.79 Å². The molecule has 0 atom stereocenters. The van der Waals surface area contributed by atoms with E-state index in [1.54, 1.807) is 30.0 Å². The second kappa shape index (κ2) is 6.70. The van der Waals surface area contributed by atoms with Crippen LogP contribution in [-0.2, 0) is 4.79 Å². The van der Waals surface area contributed by atoms with E-state index in [9.17, 15) is 4.79 Å². The van der Waals surface area contributed by atoms with Crippen LogP contribution in [-0.4, -0.2) is 28.3 Å². The molecule has 1 aliphatic heterocycles. The third-order valence-corrected chi connectivity index (χ3v) is 4.89. The van der Waals surface area contributed by atoms with Crippen LogP contribution in [0.15, 0.2) is 23.2 Å². The minimum absolute atomic E-state index is 0.0978. The predicted octanol–water partition coefficient (Wildman–Crippen LogP) is 3.77. The third-order valence-electron chi connectivity index (χ3n) is 2.09. The molecule has 1 aromatic carbocycles. The number of hydrogen-bond acceptors (Lipinski definition) is 4. The summed E-state index contributed by atoms with van der Waals surface area (Å²) in [6.45, 7) is 0.845. The first-order valence-electron chi connectivity index (χ1n) is 5.20. The number of halogens is 2. The number of nitrogens with zero attached hydrogens (tertiary/aromatic N) is 1. The lowest BCUT2D eigenvalue weighted by molar-refractivity contribution is -0.113. The predicted molar refractivity (Wildman–Crippen MR) is 82.3 cm³/mol. The van der Waals surface area contributed by atoms with Gasteiger partial charge in [0.05, 0.1) is 23.0 Å². The zero-order chi connectivity index (χ0) is 13.0. The largest absolute Gasteiger partial charge is 0.324 e. The Balaban J connectivity index is 1.86. The SMILES string of the molecule is O=C(CSC1=NCCS1)Nc1ccc(Cl)cc1Cl. The molecule has 0 bridgehead atoms. The molecule has 1 aromatic rings. The van der Waals surface area contributed by atoms with Gasteiger partial charge >= 0.3 is 0 Å². The van der Waals surface area contributed by atoms with E-state index >= 15 is 0 Å². The summed E-state index contributed by atoms with van der Waals surface area (Å²) in [6.07, 6.45) is 0. The van der Waals surface area contributed by atoms with E-state index in [2.05, 4.69) is 10.3 Å². The van der Waals surface area contributed by atoms with E-state index in [0.717, 1.165) is 16.7 Å². The number of aliphatic imine (C=N–C) groups is 1. The Morgan fingerprint density at radius 2 is 2.33 bits per heavy atom. The number of hydrogen-bond donors (Lipinski definition) is 1. The van der Waals surface area contributed by atoms with Gasteiger partial charge in [0.1, 0.15) is 4.38 Å². The zero-order valence-electron chi connectivity index (χ0n) is 9.28. The first-order valence-corrected chi connectivity index (χ1v) is 7.93. The number of thioether (sulfide) groups is 2. The summed E-state index contributed by atoms with van der Waals surface area (Å²) in [6, 6.07) is 4.98. The molecule has 96 valence electrons. The molecule has 1 amide bonds. The number of carbonyl (C=O) groups excluding carboxylic acids is 1. The highest BCUT2D eigenvalue weighted by atomic mass is 35.5. The molecule has 0 saturated carbocycles. The van der Waals surface area contributed by atoms with Crippen LogP contribution in [0.3, 0.4) is 0 Å². The summed E-state index contributed by atoms with van der Waals surface area (Å²) < 4.78 is 0.979. The van der Waals surface area contributed by atoms with Gasteiger partial charge in [0.2, 0.25) is 5.91 Å². The Morgan fingerprint density at radius 1 is 1.50 bits per heavy atom. The van der Waals surface area contributed by atoms with Gasteiger partial charge in [0.25, 0.3) is 0 Å². The van der Waals surface area contributed by atoms with Crippen molar-refractivity contribution in [2.45, 2.75) is 0 Å². The maximum absolute atomic E-state index is 11.7. The van der Waals surface area contributed by atoms with E-state index < -0.39 is 0 Å². The molecule has 0 spiro atoms. The topological polar surface area (TPSA) is 41.5 Å². The summed E-state index contributed by atoms with van der Waals surface area (Å²) in [7, 11) is 0. The van der Waals surface area contributed by atoms with Gasteiger partial charge in [-0.15, -0.1) is 0 Å². The molecule has 1 N–H and O–H groups in total. The Hall–Kier alpha value is -0.360. The number of carbonyl (C=O) groups is 1. The van der Waals surface area contributed by atoms with Crippen LogP contribution in [0, 0.1) is 0 Å². The number of rotatable bonds is 3. The smallest absolute Gasteiger partial charge is 0.234 e. The van der Waals surface area contributed by atoms with Crippen LogP contribution >= 0.6 is 46.7 Å². The fourth-order valence-corrected chi connectivity index (χ4v) is 3.57. The second-order valence-corrected chi connectivity index (χ2v) is 6.61. The van der Waals surface area contributed by atoms with Crippen LogP contribution in [0.4, 0.5) is 5.69 Å². The van der Waals surface area contributed by atoms with Gasteiger partial charge in [-0.05, 0) is 18.2 Å². The van der Waals surface area contributed by atoms with Gasteiger partial charge in [-0.2, -0.15) is 0 Å². The highest BCUT2D eigenvalue weighted by Crippen LogP contribution is 2.26. The number of nitrogens with one attached hydrogen (secondary N) is 1. The molecule has 0 unspecified atom stereocenters. The molecular formula is C11H10Cl2N2OS2. The minimum Gasteiger partial charge on any atom is -0.324 e. The van der Waals surface area contributed by atoms with Gasteiger partial charge in [-0.25, -0.2) is 0 Å². The minimum atomic E-state index is -0.0978. The lowest BCUT2D eigenvalue weighted by Gasteiger charge is -2.07. The molecule has 3 nitrogen and oxygen atoms in total. The number of benzene rings is 1. The van der Waals surface area contributed by atoms with Gasteiger partial charge in [-0.3, -0.25) is 9.79 Å². The lowest BCUT2D eigenvalue weighted by Crippen LogP contribution is -2.15. The van der Waals surface area contributed by atoms with E-state index in [1.807, 2.05) is 0 Å². The molecule has 2 rings (SSSR count). The van der Waals surface area contributed by atoms with Crippen molar-refractivity contribution in [2.75, 3.05) is 23.4 Å². The summed E-state index contributed by atoms with van der Waals surface area (Å²) in [5, 5.41) is 3.73. The fraction of sp³-hybridized carbons (Fsp3) is 0.273. The van der Waals surface area contributed by atoms with Gasteiger partial charge < -0.3 is 5.32 Å². The van der Waals surface area contributed by atoms with E-state index in [1.165, 1.54) is 11.8 Å². The summed E-state index contributed by atoms with van der Waals surface area (Å²) >= 11 is 14.9. The van der Waals surface area contributed by atoms with Gasteiger partial charge in [0, 0.05) is 10.8 Å². The molecule has 0 aliphatic carbocycles. The van der Waals surface area contributed by atoms with E-state index in [4.69, 9.17) is 23.2 Å². The van der Waals surface area contributed by atoms with Crippen molar-refractivity contribution >= 4 is 62.7 Å². The Bertz CT molecular complexity index is 494. The van der Waals surface area contributed by atoms with E-state index in [-0.39, 0.29) is 5.91 Å². The van der Waals surface area contributed by atoms with Gasteiger partial charge in [-0.1, -0.05) is 46.7 Å². The average molecular weight is 321 g/mol. The summed E-state index contributed by atoms with van der Waals surface area (Å²) in [4.78, 5) is 16.0. The first kappa shape index (κ1) is 14.1. The van der Waals surface area contributed by atoms with Crippen LogP contribution in [0.5, 0.6) is 0 Å². The average Bonchev–Trinajstić information content (AvgIpc) is 2.83. The Morgan fingerprint density at radius 3 is 3.00 bits per heavy atom. The second-order valence-electron chi connectivity index (χ2n) is 3.46. The molecule has 0 fully saturated rings. The highest BCUT2D eigenvalue weighted by molar-refractivity contribution is 8.39. The van der Waals surface area contributed by atoms with Crippen molar-refractivity contribution in [2.24, 2.45) is 4.99 Å². The van der Waals surface area contributed by atoms with Crippen LogP contribution in [0.25, 0.3) is 0 Å². The monoisotopic (exact) mass is 320 g/mol. The molecule has 0 radical (unpaired) electrons. The number of amides is 1. The molecule has 0 aromatic heterocycles. The highest BCUT2D eigenvalue weighted by Gasteiger charge is 2.11. The van der Waals surface area contributed by atoms with Crippen molar-refractivity contribution in [3.8, 4) is 0 Å². The summed E-state index contributed by atoms with van der Waals surface area (Å²) in [5.74, 6) is 1.25. The molecule has 7 heteroatoms. The summed E-state index contributed by atoms with van der Waals surface area (Å²) in [5.41, 5.74) is 0.577. The molecular weight excluding hydrogens is 311 g/mol. The quantitative estimate of drug-likeness (QED) is 0.921. The Kier molecular flexibility index (Phi) is 5.24. The normalized spacial score (nSPS) is 14.4. The maximum Gasteiger partial charge on any atom is 0.234 e. The zero-order valence-corrected chi connectivity index (χ0v) is 12.4. The van der Waals surface area contributed by atoms with Crippen molar-refractivity contribution in [3.05, 3.63) is 28.2 Å². The molecule has 1 heterocycles. The van der Waals surface area contributed by atoms with Gasteiger partial charge in [0.15, 0.2) is 0 Å².